The zero-order chi connectivity index (χ0) is 21.5. The summed E-state index contributed by atoms with van der Waals surface area (Å²) in [6.07, 6.45) is 1.91. The first-order valence-corrected chi connectivity index (χ1v) is 11.3. The molecule has 2 unspecified atom stereocenters. The Labute approximate surface area is 184 Å². The summed E-state index contributed by atoms with van der Waals surface area (Å²) in [7, 11) is 0. The number of benzene rings is 2. The second-order valence-corrected chi connectivity index (χ2v) is 8.66. The van der Waals surface area contributed by atoms with Gasteiger partial charge in [0.2, 0.25) is 5.91 Å². The zero-order valence-corrected chi connectivity index (χ0v) is 18.0. The van der Waals surface area contributed by atoms with Crippen LogP contribution in [-0.2, 0) is 22.6 Å². The number of carbonyl (C=O) groups is 1. The Hall–Kier alpha value is -2.28. The number of ether oxygens (including phenoxy) is 1. The Bertz CT molecular complexity index is 848. The van der Waals surface area contributed by atoms with Crippen LogP contribution in [0.4, 0.5) is 4.39 Å². The summed E-state index contributed by atoms with van der Waals surface area (Å²) in [4.78, 5) is 17.4. The van der Waals surface area contributed by atoms with Gasteiger partial charge in [-0.05, 0) is 42.6 Å². The van der Waals surface area contributed by atoms with Crippen molar-refractivity contribution in [1.82, 2.24) is 15.1 Å². The van der Waals surface area contributed by atoms with Crippen LogP contribution in [0.3, 0.4) is 0 Å². The SMILES string of the molecule is O=C(NCC1CN(Cc2ccccc2)CCO1)C1CCCN(Cc2cccc(F)c2)C1. The van der Waals surface area contributed by atoms with Gasteiger partial charge in [-0.2, -0.15) is 0 Å². The smallest absolute Gasteiger partial charge is 0.224 e. The Kier molecular flexibility index (Phi) is 7.67. The lowest BCUT2D eigenvalue weighted by molar-refractivity contribution is -0.128. The molecule has 2 saturated heterocycles. The van der Waals surface area contributed by atoms with Gasteiger partial charge in [0, 0.05) is 39.3 Å². The van der Waals surface area contributed by atoms with E-state index in [0.717, 1.165) is 44.6 Å². The number of hydrogen-bond acceptors (Lipinski definition) is 4. The van der Waals surface area contributed by atoms with Crippen molar-refractivity contribution in [2.24, 2.45) is 5.92 Å². The number of piperidine rings is 1. The highest BCUT2D eigenvalue weighted by Gasteiger charge is 2.27. The maximum absolute atomic E-state index is 13.5. The van der Waals surface area contributed by atoms with Gasteiger partial charge in [0.1, 0.15) is 5.82 Å². The molecule has 2 fully saturated rings. The van der Waals surface area contributed by atoms with Gasteiger partial charge in [-0.3, -0.25) is 14.6 Å². The zero-order valence-electron chi connectivity index (χ0n) is 18.0. The van der Waals surface area contributed by atoms with E-state index in [-0.39, 0.29) is 23.7 Å². The van der Waals surface area contributed by atoms with Gasteiger partial charge in [0.05, 0.1) is 18.6 Å². The molecule has 6 heteroatoms. The number of halogens is 1. The molecule has 166 valence electrons. The molecule has 2 atom stereocenters. The molecule has 2 heterocycles. The fraction of sp³-hybridized carbons (Fsp3) is 0.480. The molecule has 0 aliphatic carbocycles. The Morgan fingerprint density at radius 2 is 1.77 bits per heavy atom. The van der Waals surface area contributed by atoms with E-state index in [9.17, 15) is 9.18 Å². The number of rotatable bonds is 7. The van der Waals surface area contributed by atoms with E-state index in [1.165, 1.54) is 11.6 Å². The minimum atomic E-state index is -0.211. The van der Waals surface area contributed by atoms with Crippen LogP contribution in [0, 0.1) is 11.7 Å². The third-order valence-electron chi connectivity index (χ3n) is 6.15. The highest BCUT2D eigenvalue weighted by molar-refractivity contribution is 5.79. The second kappa shape index (κ2) is 10.8. The Balaban J connectivity index is 1.22. The van der Waals surface area contributed by atoms with Crippen molar-refractivity contribution in [3.8, 4) is 0 Å². The molecule has 0 radical (unpaired) electrons. The molecule has 5 nitrogen and oxygen atoms in total. The first-order chi connectivity index (χ1) is 15.2. The van der Waals surface area contributed by atoms with Crippen LogP contribution in [0.5, 0.6) is 0 Å². The molecule has 0 bridgehead atoms. The van der Waals surface area contributed by atoms with Crippen molar-refractivity contribution in [3.63, 3.8) is 0 Å². The first-order valence-electron chi connectivity index (χ1n) is 11.3. The van der Waals surface area contributed by atoms with Crippen LogP contribution in [0.15, 0.2) is 54.6 Å². The van der Waals surface area contributed by atoms with Crippen molar-refractivity contribution in [2.75, 3.05) is 39.3 Å². The predicted octanol–water partition coefficient (Wildman–Crippen LogP) is 3.05. The molecule has 2 aromatic carbocycles. The number of carbonyl (C=O) groups excluding carboxylic acids is 1. The molecule has 31 heavy (non-hydrogen) atoms. The molecule has 1 amide bonds. The summed E-state index contributed by atoms with van der Waals surface area (Å²) in [5.74, 6) is -0.128. The predicted molar refractivity (Wildman–Crippen MR) is 119 cm³/mol. The van der Waals surface area contributed by atoms with Gasteiger partial charge in [0.15, 0.2) is 0 Å². The van der Waals surface area contributed by atoms with Crippen LogP contribution < -0.4 is 5.32 Å². The number of likely N-dealkylation sites (tertiary alicyclic amines) is 1. The molecule has 0 aromatic heterocycles. The van der Waals surface area contributed by atoms with Crippen LogP contribution >= 0.6 is 0 Å². The molecule has 2 aliphatic heterocycles. The first kappa shape index (κ1) is 21.9. The maximum atomic E-state index is 13.5. The van der Waals surface area contributed by atoms with E-state index >= 15 is 0 Å². The molecule has 4 rings (SSSR count). The van der Waals surface area contributed by atoms with Crippen molar-refractivity contribution >= 4 is 5.91 Å². The normalized spacial score (nSPS) is 22.9. The lowest BCUT2D eigenvalue weighted by atomic mass is 9.96. The fourth-order valence-electron chi connectivity index (χ4n) is 4.55. The monoisotopic (exact) mass is 425 g/mol. The summed E-state index contributed by atoms with van der Waals surface area (Å²) >= 11 is 0. The largest absolute Gasteiger partial charge is 0.374 e. The molecule has 1 N–H and O–H groups in total. The molecule has 2 aliphatic rings. The minimum absolute atomic E-state index is 0.0217. The average Bonchev–Trinajstić information content (AvgIpc) is 2.79. The van der Waals surface area contributed by atoms with E-state index in [1.807, 2.05) is 12.1 Å². The fourth-order valence-corrected chi connectivity index (χ4v) is 4.55. The quantitative estimate of drug-likeness (QED) is 0.741. The summed E-state index contributed by atoms with van der Waals surface area (Å²) in [5.41, 5.74) is 2.25. The van der Waals surface area contributed by atoms with Gasteiger partial charge in [0.25, 0.3) is 0 Å². The van der Waals surface area contributed by atoms with Gasteiger partial charge < -0.3 is 10.1 Å². The molecular weight excluding hydrogens is 393 g/mol. The number of nitrogens with zero attached hydrogens (tertiary/aromatic N) is 2. The van der Waals surface area contributed by atoms with Gasteiger partial charge >= 0.3 is 0 Å². The van der Waals surface area contributed by atoms with Gasteiger partial charge in [-0.15, -0.1) is 0 Å². The lowest BCUT2D eigenvalue weighted by Gasteiger charge is -2.34. The third-order valence-corrected chi connectivity index (χ3v) is 6.15. The van der Waals surface area contributed by atoms with Crippen LogP contribution in [-0.4, -0.2) is 61.1 Å². The topological polar surface area (TPSA) is 44.8 Å². The van der Waals surface area contributed by atoms with Gasteiger partial charge in [-0.1, -0.05) is 42.5 Å². The molecule has 0 saturated carbocycles. The summed E-state index contributed by atoms with van der Waals surface area (Å²) in [6.45, 7) is 6.23. The number of nitrogens with one attached hydrogen (secondary N) is 1. The molecule has 0 spiro atoms. The summed E-state index contributed by atoms with van der Waals surface area (Å²) < 4.78 is 19.3. The van der Waals surface area contributed by atoms with E-state index in [0.29, 0.717) is 26.2 Å². The van der Waals surface area contributed by atoms with E-state index in [1.54, 1.807) is 12.1 Å². The Morgan fingerprint density at radius 1 is 1.00 bits per heavy atom. The van der Waals surface area contributed by atoms with Crippen LogP contribution in [0.25, 0.3) is 0 Å². The standard InChI is InChI=1S/C25H32FN3O2/c26-23-10-4-8-21(14-23)17-28-11-5-9-22(18-28)25(30)27-15-24-19-29(12-13-31-24)16-20-6-2-1-3-7-20/h1-4,6-8,10,14,22,24H,5,9,11-13,15-19H2,(H,27,30). The van der Waals surface area contributed by atoms with E-state index in [2.05, 4.69) is 39.4 Å². The third kappa shape index (κ3) is 6.60. The average molecular weight is 426 g/mol. The van der Waals surface area contributed by atoms with Crippen LogP contribution in [0.2, 0.25) is 0 Å². The highest BCUT2D eigenvalue weighted by Crippen LogP contribution is 2.19. The lowest BCUT2D eigenvalue weighted by Crippen LogP contribution is -2.49. The van der Waals surface area contributed by atoms with Crippen LogP contribution in [0.1, 0.15) is 24.0 Å². The number of hydrogen-bond donors (Lipinski definition) is 1. The van der Waals surface area contributed by atoms with Gasteiger partial charge in [-0.25, -0.2) is 4.39 Å². The van der Waals surface area contributed by atoms with Crippen molar-refractivity contribution < 1.29 is 13.9 Å². The summed E-state index contributed by atoms with van der Waals surface area (Å²) in [6, 6.07) is 17.2. The molecular formula is C25H32FN3O2. The molecule has 2 aromatic rings. The number of amides is 1. The van der Waals surface area contributed by atoms with Crippen molar-refractivity contribution in [2.45, 2.75) is 32.0 Å². The summed E-state index contributed by atoms with van der Waals surface area (Å²) in [5, 5.41) is 3.12. The van der Waals surface area contributed by atoms with Crippen molar-refractivity contribution in [1.29, 1.82) is 0 Å². The Morgan fingerprint density at radius 3 is 2.61 bits per heavy atom. The minimum Gasteiger partial charge on any atom is -0.374 e. The van der Waals surface area contributed by atoms with E-state index < -0.39 is 0 Å². The van der Waals surface area contributed by atoms with E-state index in [4.69, 9.17) is 4.74 Å². The van der Waals surface area contributed by atoms with Crippen molar-refractivity contribution in [3.05, 3.63) is 71.5 Å². The highest BCUT2D eigenvalue weighted by atomic mass is 19.1. The maximum Gasteiger partial charge on any atom is 0.224 e. The second-order valence-electron chi connectivity index (χ2n) is 8.66. The number of morpholine rings is 1.